The average molecular weight is 650 g/mol. The number of carbonyl (C=O) groups excluding carboxylic acids is 3. The minimum atomic E-state index is -0.557. The SMILES string of the molecule is C[C@@H]1CCCCO[C@H](CN(C)C(=O)Nc2ccc(F)cc2)[C@@H](C)CN([C@H](C)CO)C(=O)c2cc(NC(=O)c3ccncc3)ccc2O1. The number of aliphatic hydroxyl groups is 1. The molecule has 2 heterocycles. The standard InChI is InChI=1S/C35H44FN5O6/c1-23-20-41(24(2)22-42)34(44)30-19-29(38-33(43)26-14-16-37-17-15-26)12-13-31(30)47-25(3)7-5-6-18-46-32(23)21-40(4)35(45)39-28-10-8-27(36)9-11-28/h8-17,19,23-25,32,42H,5-7,18,20-22H2,1-4H3,(H,38,43)(H,39,45)/t23-,24+,25+,32+/m0/s1. The van der Waals surface area contributed by atoms with Crippen LogP contribution in [0, 0.1) is 11.7 Å². The van der Waals surface area contributed by atoms with Crippen LogP contribution in [0.1, 0.15) is 60.7 Å². The molecule has 1 aromatic heterocycles. The highest BCUT2D eigenvalue weighted by molar-refractivity contribution is 6.05. The molecule has 0 spiro atoms. The zero-order chi connectivity index (χ0) is 33.9. The van der Waals surface area contributed by atoms with Gasteiger partial charge in [-0.1, -0.05) is 6.92 Å². The molecule has 0 fully saturated rings. The van der Waals surface area contributed by atoms with Crippen molar-refractivity contribution >= 4 is 29.2 Å². The predicted octanol–water partition coefficient (Wildman–Crippen LogP) is 5.43. The van der Waals surface area contributed by atoms with Crippen molar-refractivity contribution in [2.45, 2.75) is 58.3 Å². The lowest BCUT2D eigenvalue weighted by Gasteiger charge is -2.35. The molecule has 11 nitrogen and oxygen atoms in total. The van der Waals surface area contributed by atoms with Gasteiger partial charge in [0.1, 0.15) is 11.6 Å². The van der Waals surface area contributed by atoms with Gasteiger partial charge < -0.3 is 35.0 Å². The highest BCUT2D eigenvalue weighted by atomic mass is 19.1. The minimum absolute atomic E-state index is 0.207. The maximum absolute atomic E-state index is 14.3. The Balaban J connectivity index is 1.59. The molecule has 0 aliphatic carbocycles. The Morgan fingerprint density at radius 3 is 2.47 bits per heavy atom. The average Bonchev–Trinajstić information content (AvgIpc) is 3.07. The second-order valence-electron chi connectivity index (χ2n) is 12.0. The number of halogens is 1. The number of aromatic nitrogens is 1. The number of hydrogen-bond donors (Lipinski definition) is 3. The second-order valence-corrected chi connectivity index (χ2v) is 12.0. The number of rotatable bonds is 7. The summed E-state index contributed by atoms with van der Waals surface area (Å²) in [5.41, 5.74) is 1.55. The number of urea groups is 1. The summed E-state index contributed by atoms with van der Waals surface area (Å²) in [6, 6.07) is 12.7. The van der Waals surface area contributed by atoms with Crippen molar-refractivity contribution in [2.24, 2.45) is 5.92 Å². The van der Waals surface area contributed by atoms with Crippen molar-refractivity contribution in [3.8, 4) is 5.75 Å². The van der Waals surface area contributed by atoms with Crippen molar-refractivity contribution < 1.29 is 33.4 Å². The van der Waals surface area contributed by atoms with Crippen LogP contribution in [-0.2, 0) is 4.74 Å². The van der Waals surface area contributed by atoms with Gasteiger partial charge in [-0.15, -0.1) is 0 Å². The van der Waals surface area contributed by atoms with E-state index >= 15 is 0 Å². The third kappa shape index (κ3) is 9.97. The minimum Gasteiger partial charge on any atom is -0.490 e. The van der Waals surface area contributed by atoms with E-state index in [-0.39, 0.29) is 55.1 Å². The second kappa shape index (κ2) is 16.8. The van der Waals surface area contributed by atoms with Crippen LogP contribution < -0.4 is 15.4 Å². The maximum atomic E-state index is 14.3. The first-order chi connectivity index (χ1) is 22.5. The monoisotopic (exact) mass is 649 g/mol. The highest BCUT2D eigenvalue weighted by Gasteiger charge is 2.31. The van der Waals surface area contributed by atoms with E-state index in [0.29, 0.717) is 35.7 Å². The number of nitrogens with one attached hydrogen (secondary N) is 2. The van der Waals surface area contributed by atoms with Gasteiger partial charge in [-0.05, 0) is 87.7 Å². The van der Waals surface area contributed by atoms with Crippen molar-refractivity contribution in [1.82, 2.24) is 14.8 Å². The molecule has 47 heavy (non-hydrogen) atoms. The van der Waals surface area contributed by atoms with E-state index < -0.39 is 18.0 Å². The lowest BCUT2D eigenvalue weighted by atomic mass is 10.0. The van der Waals surface area contributed by atoms with Gasteiger partial charge in [0.25, 0.3) is 11.8 Å². The topological polar surface area (TPSA) is 133 Å². The largest absolute Gasteiger partial charge is 0.490 e. The number of fused-ring (bicyclic) bond motifs is 1. The van der Waals surface area contributed by atoms with Crippen LogP contribution in [0.5, 0.6) is 5.75 Å². The summed E-state index contributed by atoms with van der Waals surface area (Å²) in [6.45, 7) is 6.24. The lowest BCUT2D eigenvalue weighted by Crippen LogP contribution is -2.48. The van der Waals surface area contributed by atoms with Gasteiger partial charge in [0.05, 0.1) is 30.4 Å². The van der Waals surface area contributed by atoms with Gasteiger partial charge in [0.15, 0.2) is 0 Å². The number of likely N-dealkylation sites (N-methyl/N-ethyl adjacent to an activating group) is 1. The number of nitrogens with zero attached hydrogens (tertiary/aromatic N) is 3. The highest BCUT2D eigenvalue weighted by Crippen LogP contribution is 2.29. The van der Waals surface area contributed by atoms with E-state index in [4.69, 9.17) is 9.47 Å². The molecule has 0 bridgehead atoms. The molecular weight excluding hydrogens is 605 g/mol. The number of aliphatic hydroxyl groups excluding tert-OH is 1. The van der Waals surface area contributed by atoms with Crippen LogP contribution in [0.3, 0.4) is 0 Å². The zero-order valence-electron chi connectivity index (χ0n) is 27.3. The Kier molecular flexibility index (Phi) is 12.7. The molecule has 0 saturated heterocycles. The molecule has 2 aromatic carbocycles. The molecule has 12 heteroatoms. The predicted molar refractivity (Wildman–Crippen MR) is 177 cm³/mol. The summed E-state index contributed by atoms with van der Waals surface area (Å²) in [4.78, 5) is 47.2. The summed E-state index contributed by atoms with van der Waals surface area (Å²) >= 11 is 0. The Hall–Kier alpha value is -4.55. The van der Waals surface area contributed by atoms with Crippen LogP contribution >= 0.6 is 0 Å². The molecular formula is C35H44FN5O6. The molecule has 0 radical (unpaired) electrons. The van der Waals surface area contributed by atoms with E-state index in [1.54, 1.807) is 49.2 Å². The molecule has 1 aliphatic heterocycles. The summed E-state index contributed by atoms with van der Waals surface area (Å²) in [6.07, 6.45) is 4.71. The van der Waals surface area contributed by atoms with E-state index in [2.05, 4.69) is 15.6 Å². The van der Waals surface area contributed by atoms with Crippen LogP contribution in [0.4, 0.5) is 20.6 Å². The smallest absolute Gasteiger partial charge is 0.321 e. The van der Waals surface area contributed by atoms with E-state index in [1.165, 1.54) is 41.6 Å². The van der Waals surface area contributed by atoms with Crippen LogP contribution in [0.25, 0.3) is 0 Å². The van der Waals surface area contributed by atoms with Crippen molar-refractivity contribution in [1.29, 1.82) is 0 Å². The molecule has 4 amide bonds. The molecule has 3 N–H and O–H groups in total. The van der Waals surface area contributed by atoms with Crippen LogP contribution in [-0.4, -0.2) is 89.3 Å². The third-order valence-electron chi connectivity index (χ3n) is 8.15. The van der Waals surface area contributed by atoms with Gasteiger partial charge >= 0.3 is 6.03 Å². The van der Waals surface area contributed by atoms with E-state index in [0.717, 1.165) is 12.8 Å². The van der Waals surface area contributed by atoms with Gasteiger partial charge in [0, 0.05) is 62.0 Å². The Morgan fingerprint density at radius 1 is 1.06 bits per heavy atom. The summed E-state index contributed by atoms with van der Waals surface area (Å²) < 4.78 is 25.9. The first-order valence-electron chi connectivity index (χ1n) is 15.9. The fourth-order valence-corrected chi connectivity index (χ4v) is 5.27. The number of pyridine rings is 1. The van der Waals surface area contributed by atoms with Crippen molar-refractivity contribution in [3.63, 3.8) is 0 Å². The maximum Gasteiger partial charge on any atom is 0.321 e. The third-order valence-corrected chi connectivity index (χ3v) is 8.15. The molecule has 252 valence electrons. The number of anilines is 2. The number of benzene rings is 2. The Labute approximate surface area is 275 Å². The number of ether oxygens (including phenoxy) is 2. The van der Waals surface area contributed by atoms with Crippen molar-refractivity contribution in [2.75, 3.05) is 44.0 Å². The quantitative estimate of drug-likeness (QED) is 0.311. The molecule has 4 atom stereocenters. The first-order valence-corrected chi connectivity index (χ1v) is 15.9. The molecule has 0 unspecified atom stereocenters. The fraction of sp³-hybridized carbons (Fsp3) is 0.429. The number of carbonyl (C=O) groups is 3. The van der Waals surface area contributed by atoms with Gasteiger partial charge in [0.2, 0.25) is 0 Å². The summed E-state index contributed by atoms with van der Waals surface area (Å²) in [5.74, 6) is -0.997. The first kappa shape index (κ1) is 35.3. The summed E-state index contributed by atoms with van der Waals surface area (Å²) in [7, 11) is 1.65. The van der Waals surface area contributed by atoms with Gasteiger partial charge in [-0.25, -0.2) is 9.18 Å². The van der Waals surface area contributed by atoms with Gasteiger partial charge in [-0.3, -0.25) is 14.6 Å². The number of amides is 4. The molecule has 3 aromatic rings. The van der Waals surface area contributed by atoms with E-state index in [9.17, 15) is 23.9 Å². The van der Waals surface area contributed by atoms with Crippen molar-refractivity contribution in [3.05, 3.63) is 83.9 Å². The zero-order valence-corrected chi connectivity index (χ0v) is 27.3. The number of hydrogen-bond acceptors (Lipinski definition) is 7. The molecule has 4 rings (SSSR count). The normalized spacial score (nSPS) is 19.8. The Bertz CT molecular complexity index is 1490. The Morgan fingerprint density at radius 2 is 1.77 bits per heavy atom. The fourth-order valence-electron chi connectivity index (χ4n) is 5.27. The lowest BCUT2D eigenvalue weighted by molar-refractivity contribution is -0.0115. The van der Waals surface area contributed by atoms with E-state index in [1.807, 2.05) is 13.8 Å². The van der Waals surface area contributed by atoms with Crippen LogP contribution in [0.15, 0.2) is 67.0 Å². The summed E-state index contributed by atoms with van der Waals surface area (Å²) in [5, 5.41) is 15.8. The van der Waals surface area contributed by atoms with Gasteiger partial charge in [-0.2, -0.15) is 0 Å². The molecule has 0 saturated carbocycles. The molecule has 1 aliphatic rings. The van der Waals surface area contributed by atoms with Crippen LogP contribution in [0.2, 0.25) is 0 Å².